The second kappa shape index (κ2) is 8.39. The van der Waals surface area contributed by atoms with Crippen LogP contribution in [0.25, 0.3) is 0 Å². The molecule has 2 aromatic carbocycles. The lowest BCUT2D eigenvalue weighted by Gasteiger charge is -2.23. The minimum absolute atomic E-state index is 0.0627. The van der Waals surface area contributed by atoms with Crippen molar-refractivity contribution in [3.05, 3.63) is 71.3 Å². The predicted molar refractivity (Wildman–Crippen MR) is 95.6 cm³/mol. The molecule has 1 atom stereocenters. The maximum absolute atomic E-state index is 12.9. The summed E-state index contributed by atoms with van der Waals surface area (Å²) in [5.41, 5.74) is 1.51. The van der Waals surface area contributed by atoms with Gasteiger partial charge in [0.1, 0.15) is 0 Å². The monoisotopic (exact) mass is 346 g/mol. The molecule has 0 fully saturated rings. The zero-order valence-corrected chi connectivity index (χ0v) is 15.2. The summed E-state index contributed by atoms with van der Waals surface area (Å²) in [6.45, 7) is 5.99. The molecule has 2 rings (SSSR count). The first kappa shape index (κ1) is 18.6. The minimum Gasteiger partial charge on any atom is -0.308 e. The molecule has 128 valence electrons. The highest BCUT2D eigenvalue weighted by Gasteiger charge is 2.33. The fourth-order valence-corrected chi connectivity index (χ4v) is 4.27. The van der Waals surface area contributed by atoms with Crippen molar-refractivity contribution in [1.82, 2.24) is 0 Å². The Labute approximate surface area is 143 Å². The normalized spacial score (nSPS) is 12.8. The Morgan fingerprint density at radius 2 is 1.54 bits per heavy atom. The summed E-state index contributed by atoms with van der Waals surface area (Å²) < 4.78 is 23.8. The Bertz CT molecular complexity index is 717. The molecule has 5 heteroatoms. The molecule has 0 aromatic heterocycles. The third kappa shape index (κ3) is 4.21. The van der Waals surface area contributed by atoms with Crippen LogP contribution >= 0.6 is 7.60 Å². The Morgan fingerprint density at radius 3 is 2.12 bits per heavy atom. The van der Waals surface area contributed by atoms with Crippen LogP contribution in [-0.2, 0) is 13.6 Å². The highest BCUT2D eigenvalue weighted by molar-refractivity contribution is 7.54. The smallest absolute Gasteiger partial charge is 0.308 e. The summed E-state index contributed by atoms with van der Waals surface area (Å²) in [7, 11) is -3.27. The summed E-state index contributed by atoms with van der Waals surface area (Å²) in [6, 6.07) is 16.3. The van der Waals surface area contributed by atoms with Gasteiger partial charge in [-0.25, -0.2) is 0 Å². The highest BCUT2D eigenvalue weighted by Crippen LogP contribution is 2.60. The van der Waals surface area contributed by atoms with Gasteiger partial charge in [0.2, 0.25) is 0 Å². The second-order valence-corrected chi connectivity index (χ2v) is 7.74. The van der Waals surface area contributed by atoms with Gasteiger partial charge in [-0.1, -0.05) is 48.5 Å². The SMILES string of the molecule is CCOP(=O)(OCC)[C@@H](C)c1cccc(C(=O)c2ccccc2)c1. The van der Waals surface area contributed by atoms with E-state index in [0.29, 0.717) is 24.3 Å². The van der Waals surface area contributed by atoms with Gasteiger partial charge in [0, 0.05) is 11.1 Å². The first-order chi connectivity index (χ1) is 11.5. The third-order valence-corrected chi connectivity index (χ3v) is 6.24. The van der Waals surface area contributed by atoms with Crippen LogP contribution in [0.5, 0.6) is 0 Å². The first-order valence-electron chi connectivity index (χ1n) is 8.10. The quantitative estimate of drug-likeness (QED) is 0.484. The van der Waals surface area contributed by atoms with Crippen LogP contribution in [0.4, 0.5) is 0 Å². The zero-order chi connectivity index (χ0) is 17.6. The summed E-state index contributed by atoms with van der Waals surface area (Å²) >= 11 is 0. The van der Waals surface area contributed by atoms with Crippen LogP contribution in [0.3, 0.4) is 0 Å². The number of carbonyl (C=O) groups excluding carboxylic acids is 1. The standard InChI is InChI=1S/C19H23O4P/c1-4-22-24(21,23-5-2)15(3)17-12-9-13-18(14-17)19(20)16-10-7-6-8-11-16/h6-15H,4-5H2,1-3H3/t15-/m0/s1. The molecule has 0 spiro atoms. The lowest BCUT2D eigenvalue weighted by molar-refractivity contribution is 0.103. The van der Waals surface area contributed by atoms with Gasteiger partial charge in [0.25, 0.3) is 0 Å². The fraction of sp³-hybridized carbons (Fsp3) is 0.316. The van der Waals surface area contributed by atoms with Crippen LogP contribution in [0, 0.1) is 0 Å². The summed E-state index contributed by atoms with van der Waals surface area (Å²) in [5, 5.41) is 0. The Balaban J connectivity index is 2.32. The molecule has 0 radical (unpaired) electrons. The van der Waals surface area contributed by atoms with Crippen LogP contribution in [0.15, 0.2) is 54.6 Å². The third-order valence-electron chi connectivity index (χ3n) is 3.76. The molecular weight excluding hydrogens is 323 g/mol. The molecule has 0 aliphatic heterocycles. The maximum atomic E-state index is 12.9. The van der Waals surface area contributed by atoms with Gasteiger partial charge in [0.15, 0.2) is 5.78 Å². The molecule has 0 N–H and O–H groups in total. The average Bonchev–Trinajstić information content (AvgIpc) is 2.61. The minimum atomic E-state index is -3.27. The predicted octanol–water partition coefficient (Wildman–Crippen LogP) is 5.24. The molecule has 0 aliphatic rings. The molecule has 4 nitrogen and oxygen atoms in total. The van der Waals surface area contributed by atoms with Crippen molar-refractivity contribution >= 4 is 13.4 Å². The second-order valence-electron chi connectivity index (χ2n) is 5.37. The van der Waals surface area contributed by atoms with Gasteiger partial charge >= 0.3 is 7.60 Å². The van der Waals surface area contributed by atoms with Gasteiger partial charge in [-0.3, -0.25) is 9.36 Å². The summed E-state index contributed by atoms with van der Waals surface area (Å²) in [5.74, 6) is -0.0627. The Hall–Kier alpha value is -1.74. The van der Waals surface area contributed by atoms with E-state index in [-0.39, 0.29) is 5.78 Å². The van der Waals surface area contributed by atoms with Crippen LogP contribution < -0.4 is 0 Å². The Kier molecular flexibility index (Phi) is 6.50. The van der Waals surface area contributed by atoms with E-state index in [4.69, 9.17) is 9.05 Å². The molecule has 2 aromatic rings. The van der Waals surface area contributed by atoms with E-state index in [1.165, 1.54) is 0 Å². The van der Waals surface area contributed by atoms with Crippen molar-refractivity contribution in [3.63, 3.8) is 0 Å². The van der Waals surface area contributed by atoms with Gasteiger partial charge in [-0.05, 0) is 32.4 Å². The van der Waals surface area contributed by atoms with Crippen molar-refractivity contribution in [2.75, 3.05) is 13.2 Å². The molecule has 0 saturated carbocycles. The molecule has 0 unspecified atom stereocenters. The number of hydrogen-bond donors (Lipinski definition) is 0. The largest absolute Gasteiger partial charge is 0.337 e. The molecule has 0 aliphatic carbocycles. The number of carbonyl (C=O) groups is 1. The topological polar surface area (TPSA) is 52.6 Å². The van der Waals surface area contributed by atoms with E-state index in [1.54, 1.807) is 51.1 Å². The van der Waals surface area contributed by atoms with Gasteiger partial charge in [-0.2, -0.15) is 0 Å². The van der Waals surface area contributed by atoms with E-state index in [0.717, 1.165) is 5.56 Å². The van der Waals surface area contributed by atoms with E-state index in [9.17, 15) is 9.36 Å². The number of ketones is 1. The zero-order valence-electron chi connectivity index (χ0n) is 14.3. The molecule has 24 heavy (non-hydrogen) atoms. The average molecular weight is 346 g/mol. The lowest BCUT2D eigenvalue weighted by atomic mass is 10.0. The van der Waals surface area contributed by atoms with Crippen molar-refractivity contribution in [1.29, 1.82) is 0 Å². The molecule has 0 bridgehead atoms. The number of hydrogen-bond acceptors (Lipinski definition) is 4. The van der Waals surface area contributed by atoms with Crippen molar-refractivity contribution < 1.29 is 18.4 Å². The van der Waals surface area contributed by atoms with Gasteiger partial charge in [-0.15, -0.1) is 0 Å². The number of benzene rings is 2. The van der Waals surface area contributed by atoms with E-state index in [1.807, 2.05) is 24.3 Å². The van der Waals surface area contributed by atoms with Crippen molar-refractivity contribution in [2.45, 2.75) is 26.4 Å². The molecule has 0 amide bonds. The van der Waals surface area contributed by atoms with E-state index >= 15 is 0 Å². The van der Waals surface area contributed by atoms with E-state index < -0.39 is 13.3 Å². The van der Waals surface area contributed by atoms with Gasteiger partial charge in [0.05, 0.1) is 18.9 Å². The molecule has 0 heterocycles. The number of rotatable bonds is 8. The van der Waals surface area contributed by atoms with Crippen LogP contribution in [-0.4, -0.2) is 19.0 Å². The molecule has 0 saturated heterocycles. The van der Waals surface area contributed by atoms with Crippen LogP contribution in [0.1, 0.15) is 47.9 Å². The summed E-state index contributed by atoms with van der Waals surface area (Å²) in [4.78, 5) is 12.6. The maximum Gasteiger partial charge on any atom is 0.337 e. The fourth-order valence-electron chi connectivity index (χ4n) is 2.50. The molecular formula is C19H23O4P. The highest BCUT2D eigenvalue weighted by atomic mass is 31.2. The van der Waals surface area contributed by atoms with E-state index in [2.05, 4.69) is 0 Å². The van der Waals surface area contributed by atoms with Crippen molar-refractivity contribution in [3.8, 4) is 0 Å². The Morgan fingerprint density at radius 1 is 0.958 bits per heavy atom. The lowest BCUT2D eigenvalue weighted by Crippen LogP contribution is -2.06. The van der Waals surface area contributed by atoms with Gasteiger partial charge < -0.3 is 9.05 Å². The summed E-state index contributed by atoms with van der Waals surface area (Å²) in [6.07, 6.45) is 0. The van der Waals surface area contributed by atoms with Crippen molar-refractivity contribution in [2.24, 2.45) is 0 Å². The first-order valence-corrected chi connectivity index (χ1v) is 9.71. The van der Waals surface area contributed by atoms with Crippen LogP contribution in [0.2, 0.25) is 0 Å².